The Labute approximate surface area is 48.7 Å². The first kappa shape index (κ1) is 8.00. The van der Waals surface area contributed by atoms with Crippen molar-refractivity contribution in [3.05, 3.63) is 0 Å². The van der Waals surface area contributed by atoms with Crippen LogP contribution in [0.5, 0.6) is 0 Å². The molecule has 0 saturated carbocycles. The number of hydrogen-bond acceptors (Lipinski definition) is 4. The van der Waals surface area contributed by atoms with Crippen LogP contribution in [0.2, 0.25) is 0 Å². The van der Waals surface area contributed by atoms with Crippen LogP contribution >= 0.6 is 0 Å². The second-order valence-electron chi connectivity index (χ2n) is 1.04. The summed E-state index contributed by atoms with van der Waals surface area (Å²) in [5, 5.41) is 0. The Bertz CT molecular complexity index is 138. The molecule has 0 unspecified atom stereocenters. The molecule has 0 radical (unpaired) electrons. The molecule has 0 heterocycles. The minimum atomic E-state index is -4.91. The Morgan fingerprint density at radius 3 is 2.25 bits per heavy atom. The first-order valence-corrected chi connectivity index (χ1v) is 4.74. The summed E-state index contributed by atoms with van der Waals surface area (Å²) < 4.78 is 31.3. The van der Waals surface area contributed by atoms with Gasteiger partial charge >= 0.3 is 47.9 Å². The minimum absolute atomic E-state index is 0.0875. The molecule has 0 aromatic rings. The maximum atomic E-state index is 9.74. The molecule has 0 aromatic heterocycles. The monoisotopic (exact) mass is 189 g/mol. The summed E-state index contributed by atoms with van der Waals surface area (Å²) in [4.78, 5) is 0. The number of rotatable bonds is 3. The molecule has 6 heteroatoms. The topological polar surface area (TPSA) is 89.6 Å². The van der Waals surface area contributed by atoms with Crippen molar-refractivity contribution >= 4 is 13.4 Å². The van der Waals surface area contributed by atoms with Crippen LogP contribution in [0.1, 0.15) is 0 Å². The van der Waals surface area contributed by atoms with Crippen LogP contribution in [-0.4, -0.2) is 30.7 Å². The van der Waals surface area contributed by atoms with E-state index in [0.717, 1.165) is 0 Å². The molecule has 8 heavy (non-hydrogen) atoms. The van der Waals surface area contributed by atoms with E-state index in [1.807, 2.05) is 0 Å². The van der Waals surface area contributed by atoms with E-state index >= 15 is 0 Å². The maximum absolute atomic E-state index is 9.74. The Balaban J connectivity index is 3.42. The van der Waals surface area contributed by atoms with Crippen molar-refractivity contribution in [3.63, 3.8) is 0 Å². The second kappa shape index (κ2) is 3.11. The Morgan fingerprint density at radius 1 is 1.62 bits per heavy atom. The van der Waals surface area contributed by atoms with Gasteiger partial charge in [-0.25, -0.2) is 0 Å². The standard InChI is InChI=1S/C2H7NO4Se/c3-1-2-7-8(4,5)6/h1-3H2,(H,4,5,6). The third kappa shape index (κ3) is 6.00. The van der Waals surface area contributed by atoms with E-state index in [0.29, 0.717) is 0 Å². The molecule has 5 nitrogen and oxygen atoms in total. The first-order valence-electron chi connectivity index (χ1n) is 1.88. The van der Waals surface area contributed by atoms with Crippen LogP contribution in [0, 0.1) is 0 Å². The van der Waals surface area contributed by atoms with Gasteiger partial charge in [-0.1, -0.05) is 0 Å². The van der Waals surface area contributed by atoms with E-state index in [1.165, 1.54) is 0 Å². The molecule has 0 fully saturated rings. The summed E-state index contributed by atoms with van der Waals surface area (Å²) in [6, 6.07) is 0. The van der Waals surface area contributed by atoms with Gasteiger partial charge < -0.3 is 0 Å². The van der Waals surface area contributed by atoms with Crippen molar-refractivity contribution in [2.45, 2.75) is 0 Å². The van der Waals surface area contributed by atoms with Gasteiger partial charge in [0.25, 0.3) is 0 Å². The van der Waals surface area contributed by atoms with Crippen LogP contribution in [0.25, 0.3) is 0 Å². The van der Waals surface area contributed by atoms with E-state index in [4.69, 9.17) is 9.92 Å². The van der Waals surface area contributed by atoms with Crippen molar-refractivity contribution in [3.8, 4) is 0 Å². The predicted molar refractivity (Wildman–Crippen MR) is 24.4 cm³/mol. The molecule has 0 bridgehead atoms. The molecule has 0 rings (SSSR count). The van der Waals surface area contributed by atoms with Gasteiger partial charge in [-0.15, -0.1) is 0 Å². The third-order valence-corrected chi connectivity index (χ3v) is 1.32. The molecule has 0 aliphatic rings. The van der Waals surface area contributed by atoms with E-state index < -0.39 is 13.4 Å². The van der Waals surface area contributed by atoms with Gasteiger partial charge in [0.15, 0.2) is 0 Å². The molecule has 3 N–H and O–H groups in total. The van der Waals surface area contributed by atoms with Gasteiger partial charge in [-0.2, -0.15) is 0 Å². The fourth-order valence-electron chi connectivity index (χ4n) is 0.153. The first-order chi connectivity index (χ1) is 3.56. The number of hydrogen-bond donors (Lipinski definition) is 2. The van der Waals surface area contributed by atoms with Crippen molar-refractivity contribution in [1.29, 1.82) is 0 Å². The van der Waals surface area contributed by atoms with Crippen molar-refractivity contribution in [2.75, 3.05) is 13.2 Å². The van der Waals surface area contributed by atoms with Gasteiger partial charge in [0.2, 0.25) is 0 Å². The Morgan fingerprint density at radius 2 is 2.12 bits per heavy atom. The fourth-order valence-corrected chi connectivity index (χ4v) is 0.797. The van der Waals surface area contributed by atoms with Crippen LogP contribution in [-0.2, 0) is 11.5 Å². The van der Waals surface area contributed by atoms with Gasteiger partial charge in [0.05, 0.1) is 0 Å². The van der Waals surface area contributed by atoms with Gasteiger partial charge in [-0.05, 0) is 0 Å². The van der Waals surface area contributed by atoms with Crippen LogP contribution in [0.4, 0.5) is 0 Å². The molecule has 0 spiro atoms. The van der Waals surface area contributed by atoms with Crippen molar-refractivity contribution < 1.29 is 15.7 Å². The van der Waals surface area contributed by atoms with Crippen LogP contribution in [0.15, 0.2) is 0 Å². The number of nitrogens with two attached hydrogens (primary N) is 1. The zero-order valence-electron chi connectivity index (χ0n) is 4.07. The summed E-state index contributed by atoms with van der Waals surface area (Å²) in [6.07, 6.45) is 0. The van der Waals surface area contributed by atoms with Gasteiger partial charge in [-0.3, -0.25) is 0 Å². The zero-order valence-corrected chi connectivity index (χ0v) is 5.78. The molecular formula is C2H7NO4Se. The van der Waals surface area contributed by atoms with E-state index in [2.05, 4.69) is 3.82 Å². The Kier molecular flexibility index (Phi) is 3.11. The molecule has 0 aliphatic heterocycles. The second-order valence-corrected chi connectivity index (χ2v) is 3.33. The fraction of sp³-hybridized carbons (Fsp3) is 1.00. The van der Waals surface area contributed by atoms with Crippen molar-refractivity contribution in [2.24, 2.45) is 5.73 Å². The molecule has 0 amide bonds. The average Bonchev–Trinajstić information content (AvgIpc) is 1.59. The quantitative estimate of drug-likeness (QED) is 0.512. The summed E-state index contributed by atoms with van der Waals surface area (Å²) in [5.74, 6) is 0. The molecule has 0 aliphatic carbocycles. The van der Waals surface area contributed by atoms with Gasteiger partial charge in [0, 0.05) is 0 Å². The molecule has 50 valence electrons. The predicted octanol–water partition coefficient (Wildman–Crippen LogP) is -1.75. The SMILES string of the molecule is NCCO[Se](=O)(=O)O. The van der Waals surface area contributed by atoms with Crippen molar-refractivity contribution in [1.82, 2.24) is 0 Å². The van der Waals surface area contributed by atoms with E-state index in [-0.39, 0.29) is 13.2 Å². The van der Waals surface area contributed by atoms with Crippen LogP contribution in [0.3, 0.4) is 0 Å². The molecule has 0 atom stereocenters. The molecular weight excluding hydrogens is 181 g/mol. The summed E-state index contributed by atoms with van der Waals surface area (Å²) in [6.45, 7) is -0.0618. The van der Waals surface area contributed by atoms with Gasteiger partial charge in [0.1, 0.15) is 0 Å². The van der Waals surface area contributed by atoms with E-state index in [9.17, 15) is 7.67 Å². The Hall–Kier alpha value is -0.000519. The average molecular weight is 188 g/mol. The third-order valence-electron chi connectivity index (χ3n) is 0.350. The summed E-state index contributed by atoms with van der Waals surface area (Å²) >= 11 is -4.91. The molecule has 0 saturated heterocycles. The molecule has 0 aromatic carbocycles. The zero-order chi connectivity index (χ0) is 6.62. The normalized spacial score (nSPS) is 11.8. The van der Waals surface area contributed by atoms with E-state index in [1.54, 1.807) is 0 Å². The summed E-state index contributed by atoms with van der Waals surface area (Å²) in [5.41, 5.74) is 4.85. The summed E-state index contributed by atoms with van der Waals surface area (Å²) in [7, 11) is 0. The van der Waals surface area contributed by atoms with Crippen LogP contribution < -0.4 is 5.73 Å².